The lowest BCUT2D eigenvalue weighted by atomic mass is 9.55. The SMILES string of the molecule is C[C@]12CC[C@@H]3c4ccc(O)cc4C/C(=N/OCC(=O)NCCNC(=O)c4cc(N=[N+]=[N-])ccc4[N+](=O)[O-])[C@H]3[C@@H]1CC[C@@H]2O. The minimum Gasteiger partial charge on any atom is -0.508 e. The molecular weight excluding hydrogens is 558 g/mol. The summed E-state index contributed by atoms with van der Waals surface area (Å²) in [6.07, 6.45) is 3.53. The number of carbonyl (C=O) groups excluding carboxylic acids is 2. The first-order valence-corrected chi connectivity index (χ1v) is 14.2. The second-order valence-electron chi connectivity index (χ2n) is 11.5. The van der Waals surface area contributed by atoms with E-state index in [0.29, 0.717) is 6.42 Å². The zero-order valence-corrected chi connectivity index (χ0v) is 23.6. The van der Waals surface area contributed by atoms with Gasteiger partial charge in [-0.15, -0.1) is 0 Å². The lowest BCUT2D eigenvalue weighted by molar-refractivity contribution is -0.385. The lowest BCUT2D eigenvalue weighted by Gasteiger charge is -2.50. The average Bonchev–Trinajstić information content (AvgIpc) is 3.28. The van der Waals surface area contributed by atoms with Gasteiger partial charge in [0.25, 0.3) is 17.5 Å². The molecule has 5 rings (SSSR count). The lowest BCUT2D eigenvalue weighted by Crippen LogP contribution is -2.47. The number of nitro groups is 1. The Kier molecular flexibility index (Phi) is 8.51. The Labute approximate surface area is 246 Å². The third kappa shape index (κ3) is 5.97. The minimum atomic E-state index is -0.756. The molecule has 0 unspecified atom stereocenters. The van der Waals surface area contributed by atoms with Crippen LogP contribution in [0.15, 0.2) is 46.7 Å². The number of nitrogens with one attached hydrogen (secondary N) is 2. The standard InChI is InChI=1S/C29H33N7O7/c1-29-9-8-20-19-4-3-18(37)12-16(19)13-23(27(20)22(29)5-7-25(29)38)34-43-15-26(39)31-10-11-32-28(40)21-14-17(33-35-30)2-6-24(21)36(41)42/h2-4,6,12,14,20,22,25,27,37-38H,5,7-11,13,15H2,1H3,(H,31,39)(H,32,40)/b34-23-/t20-,22+,25+,27-,29+/m1/s1. The zero-order chi connectivity index (χ0) is 30.7. The number of aliphatic hydroxyl groups is 1. The molecular formula is C29H33N7O7. The van der Waals surface area contributed by atoms with Crippen molar-refractivity contribution in [3.8, 4) is 5.75 Å². The predicted molar refractivity (Wildman–Crippen MR) is 155 cm³/mol. The highest BCUT2D eigenvalue weighted by Gasteiger charge is 2.56. The molecule has 0 heterocycles. The van der Waals surface area contributed by atoms with Crippen LogP contribution in [0.1, 0.15) is 60.0 Å². The number of phenolic OH excluding ortho intramolecular Hbond substituents is 1. The van der Waals surface area contributed by atoms with E-state index in [1.165, 1.54) is 11.6 Å². The van der Waals surface area contributed by atoms with Crippen molar-refractivity contribution in [1.82, 2.24) is 10.6 Å². The maximum absolute atomic E-state index is 12.5. The highest BCUT2D eigenvalue weighted by molar-refractivity contribution is 5.99. The number of amides is 2. The number of nitro benzene ring substituents is 1. The maximum Gasteiger partial charge on any atom is 0.282 e. The first kappa shape index (κ1) is 29.8. The summed E-state index contributed by atoms with van der Waals surface area (Å²) >= 11 is 0. The van der Waals surface area contributed by atoms with E-state index in [1.54, 1.807) is 12.1 Å². The number of carbonyl (C=O) groups is 2. The fourth-order valence-electron chi connectivity index (χ4n) is 7.12. The molecule has 226 valence electrons. The number of aromatic hydroxyl groups is 1. The van der Waals surface area contributed by atoms with Crippen molar-refractivity contribution in [2.45, 2.75) is 51.0 Å². The van der Waals surface area contributed by atoms with E-state index in [2.05, 4.69) is 32.7 Å². The van der Waals surface area contributed by atoms with Crippen LogP contribution in [-0.4, -0.2) is 58.5 Å². The first-order chi connectivity index (χ1) is 20.6. The smallest absolute Gasteiger partial charge is 0.282 e. The summed E-state index contributed by atoms with van der Waals surface area (Å²) in [5, 5.41) is 45.1. The molecule has 2 amide bonds. The molecule has 3 aliphatic rings. The molecule has 0 aliphatic heterocycles. The number of rotatable bonds is 9. The number of fused-ring (bicyclic) bond motifs is 5. The van der Waals surface area contributed by atoms with E-state index < -0.39 is 22.4 Å². The fourth-order valence-corrected chi connectivity index (χ4v) is 7.12. The number of nitrogens with zero attached hydrogens (tertiary/aromatic N) is 5. The zero-order valence-electron chi connectivity index (χ0n) is 23.6. The molecule has 0 bridgehead atoms. The van der Waals surface area contributed by atoms with Gasteiger partial charge in [-0.2, -0.15) is 0 Å². The van der Waals surface area contributed by atoms with Crippen LogP contribution in [-0.2, 0) is 16.1 Å². The van der Waals surface area contributed by atoms with Crippen molar-refractivity contribution in [3.05, 3.63) is 73.6 Å². The van der Waals surface area contributed by atoms with Crippen molar-refractivity contribution in [1.29, 1.82) is 0 Å². The molecule has 0 aromatic heterocycles. The van der Waals surface area contributed by atoms with E-state index in [0.717, 1.165) is 49.1 Å². The molecule has 0 radical (unpaired) electrons. The second kappa shape index (κ2) is 12.3. The van der Waals surface area contributed by atoms with Crippen LogP contribution >= 0.6 is 0 Å². The average molecular weight is 592 g/mol. The summed E-state index contributed by atoms with van der Waals surface area (Å²) in [5.41, 5.74) is 10.7. The summed E-state index contributed by atoms with van der Waals surface area (Å²) in [6.45, 7) is 1.81. The summed E-state index contributed by atoms with van der Waals surface area (Å²) in [4.78, 5) is 43.7. The Morgan fingerprint density at radius 3 is 2.74 bits per heavy atom. The van der Waals surface area contributed by atoms with Gasteiger partial charge in [0, 0.05) is 42.1 Å². The molecule has 0 saturated heterocycles. The topological polar surface area (TPSA) is 212 Å². The van der Waals surface area contributed by atoms with Crippen LogP contribution in [0.4, 0.5) is 11.4 Å². The first-order valence-electron chi connectivity index (χ1n) is 14.2. The fraction of sp³-hybridized carbons (Fsp3) is 0.483. The van der Waals surface area contributed by atoms with Gasteiger partial charge in [0.15, 0.2) is 6.61 Å². The number of hydrogen-bond acceptors (Lipinski definition) is 9. The Morgan fingerprint density at radius 1 is 1.19 bits per heavy atom. The van der Waals surface area contributed by atoms with Crippen molar-refractivity contribution in [2.75, 3.05) is 19.7 Å². The normalized spacial score (nSPS) is 26.3. The van der Waals surface area contributed by atoms with E-state index in [1.807, 2.05) is 6.07 Å². The van der Waals surface area contributed by atoms with Gasteiger partial charge in [0.1, 0.15) is 11.3 Å². The quantitative estimate of drug-likeness (QED) is 0.0839. The van der Waals surface area contributed by atoms with Gasteiger partial charge in [0.2, 0.25) is 0 Å². The number of azide groups is 1. The summed E-state index contributed by atoms with van der Waals surface area (Å²) in [7, 11) is 0. The Hall–Kier alpha value is -4.68. The number of phenols is 1. The van der Waals surface area contributed by atoms with E-state index in [9.17, 15) is 29.9 Å². The number of aliphatic hydroxyl groups excluding tert-OH is 1. The van der Waals surface area contributed by atoms with Crippen molar-refractivity contribution in [3.63, 3.8) is 0 Å². The molecule has 14 nitrogen and oxygen atoms in total. The number of hydrogen-bond donors (Lipinski definition) is 4. The molecule has 2 aromatic carbocycles. The summed E-state index contributed by atoms with van der Waals surface area (Å²) in [6, 6.07) is 8.88. The number of oxime groups is 1. The second-order valence-corrected chi connectivity index (χ2v) is 11.5. The third-order valence-corrected chi connectivity index (χ3v) is 9.19. The van der Waals surface area contributed by atoms with Crippen molar-refractivity contribution < 1.29 is 29.6 Å². The van der Waals surface area contributed by atoms with Crippen molar-refractivity contribution >= 4 is 28.9 Å². The molecule has 2 saturated carbocycles. The molecule has 5 atom stereocenters. The highest BCUT2D eigenvalue weighted by atomic mass is 16.6. The Bertz CT molecular complexity index is 1520. The highest BCUT2D eigenvalue weighted by Crippen LogP contribution is 2.60. The molecule has 2 fully saturated rings. The van der Waals surface area contributed by atoms with Crippen LogP contribution < -0.4 is 10.6 Å². The van der Waals surface area contributed by atoms with Gasteiger partial charge in [-0.05, 0) is 83.9 Å². The van der Waals surface area contributed by atoms with Crippen molar-refractivity contribution in [2.24, 2.45) is 27.5 Å². The summed E-state index contributed by atoms with van der Waals surface area (Å²) in [5.74, 6) is -0.563. The molecule has 2 aromatic rings. The van der Waals surface area contributed by atoms with Crippen LogP contribution in [0.3, 0.4) is 0 Å². The molecule has 3 aliphatic carbocycles. The molecule has 0 spiro atoms. The summed E-state index contributed by atoms with van der Waals surface area (Å²) < 4.78 is 0. The van der Waals surface area contributed by atoms with Gasteiger partial charge in [-0.25, -0.2) is 0 Å². The Balaban J connectivity index is 1.18. The van der Waals surface area contributed by atoms with Gasteiger partial charge < -0.3 is 25.7 Å². The van der Waals surface area contributed by atoms with E-state index in [4.69, 9.17) is 10.4 Å². The minimum absolute atomic E-state index is 0.0192. The maximum atomic E-state index is 12.5. The Morgan fingerprint density at radius 2 is 1.98 bits per heavy atom. The monoisotopic (exact) mass is 591 g/mol. The van der Waals surface area contributed by atoms with Gasteiger partial charge >= 0.3 is 0 Å². The predicted octanol–water partition coefficient (Wildman–Crippen LogP) is 3.99. The van der Waals surface area contributed by atoms with Crippen LogP contribution in [0.25, 0.3) is 10.4 Å². The molecule has 14 heteroatoms. The van der Waals surface area contributed by atoms with E-state index >= 15 is 0 Å². The van der Waals surface area contributed by atoms with Crippen LogP contribution in [0.2, 0.25) is 0 Å². The van der Waals surface area contributed by atoms with Gasteiger partial charge in [-0.1, -0.05) is 23.3 Å². The number of benzene rings is 2. The van der Waals surface area contributed by atoms with Gasteiger partial charge in [0.05, 0.1) is 16.7 Å². The van der Waals surface area contributed by atoms with Crippen LogP contribution in [0, 0.1) is 27.4 Å². The largest absolute Gasteiger partial charge is 0.508 e. The van der Waals surface area contributed by atoms with Crippen LogP contribution in [0.5, 0.6) is 5.75 Å². The van der Waals surface area contributed by atoms with Gasteiger partial charge in [-0.3, -0.25) is 19.7 Å². The molecule has 4 N–H and O–H groups in total. The molecule has 43 heavy (non-hydrogen) atoms. The van der Waals surface area contributed by atoms with E-state index in [-0.39, 0.29) is 66.0 Å². The third-order valence-electron chi connectivity index (χ3n) is 9.19.